The Bertz CT molecular complexity index is 415. The highest BCUT2D eigenvalue weighted by atomic mass is 19.3. The minimum absolute atomic E-state index is 0.500. The zero-order chi connectivity index (χ0) is 12.7. The van der Waals surface area contributed by atoms with E-state index in [0.29, 0.717) is 0 Å². The maximum Gasteiger partial charge on any atom is 0.613 e. The summed E-state index contributed by atoms with van der Waals surface area (Å²) in [7, 11) is -4.37. The summed E-state index contributed by atoms with van der Waals surface area (Å²) in [5.41, 5.74) is -2.22. The molecule has 16 heavy (non-hydrogen) atoms. The van der Waals surface area contributed by atoms with Crippen LogP contribution in [0.3, 0.4) is 0 Å². The van der Waals surface area contributed by atoms with Crippen LogP contribution in [0.15, 0.2) is 6.07 Å². The highest BCUT2D eigenvalue weighted by Gasteiger charge is 2.52. The molecule has 88 valence electrons. The Hall–Kier alpha value is -1.28. The molecule has 1 aromatic rings. The van der Waals surface area contributed by atoms with Gasteiger partial charge in [-0.1, -0.05) is 0 Å². The second kappa shape index (κ2) is 3.95. The minimum Gasteiger partial charge on any atom is -0.280 e. The van der Waals surface area contributed by atoms with E-state index in [0.717, 1.165) is 0 Å². The van der Waals surface area contributed by atoms with Gasteiger partial charge in [-0.2, -0.15) is 0 Å². The SMILES string of the molecule is FB(F)C(F)(F)c1cc(F)c(F)c(F)c1F. The van der Waals surface area contributed by atoms with Crippen molar-refractivity contribution in [3.05, 3.63) is 34.9 Å². The first-order chi connectivity index (χ1) is 7.19. The fourth-order valence-corrected chi connectivity index (χ4v) is 0.933. The van der Waals surface area contributed by atoms with Crippen LogP contribution in [0.4, 0.5) is 35.0 Å². The van der Waals surface area contributed by atoms with Crippen LogP contribution in [0.25, 0.3) is 0 Å². The fraction of sp³-hybridized carbons (Fsp3) is 0.143. The first kappa shape index (κ1) is 12.8. The van der Waals surface area contributed by atoms with E-state index in [-0.39, 0.29) is 0 Å². The lowest BCUT2D eigenvalue weighted by molar-refractivity contribution is 0.0589. The van der Waals surface area contributed by atoms with Crippen molar-refractivity contribution >= 4 is 7.27 Å². The summed E-state index contributed by atoms with van der Waals surface area (Å²) in [5, 5.41) is 0. The number of hydrogen-bond donors (Lipinski definition) is 0. The molecule has 1 rings (SSSR count). The summed E-state index contributed by atoms with van der Waals surface area (Å²) in [6.45, 7) is 0. The first-order valence-electron chi connectivity index (χ1n) is 3.69. The van der Waals surface area contributed by atoms with Crippen LogP contribution in [0.5, 0.6) is 0 Å². The molecule has 0 spiro atoms. The number of benzene rings is 1. The van der Waals surface area contributed by atoms with Gasteiger partial charge in [-0.05, 0) is 6.07 Å². The van der Waals surface area contributed by atoms with Crippen molar-refractivity contribution in [1.29, 1.82) is 0 Å². The van der Waals surface area contributed by atoms with Gasteiger partial charge in [0.25, 0.3) is 0 Å². The quantitative estimate of drug-likeness (QED) is 0.326. The third kappa shape index (κ3) is 1.85. The monoisotopic (exact) mass is 248 g/mol. The van der Waals surface area contributed by atoms with Gasteiger partial charge < -0.3 is 0 Å². The predicted molar refractivity (Wildman–Crippen MR) is 38.1 cm³/mol. The Morgan fingerprint density at radius 3 is 1.81 bits per heavy atom. The predicted octanol–water partition coefficient (Wildman–Crippen LogP) is 3.30. The van der Waals surface area contributed by atoms with Gasteiger partial charge in [0.05, 0.1) is 5.56 Å². The van der Waals surface area contributed by atoms with Crippen LogP contribution in [0.1, 0.15) is 5.56 Å². The highest BCUT2D eigenvalue weighted by molar-refractivity contribution is 6.45. The van der Waals surface area contributed by atoms with Crippen molar-refractivity contribution < 1.29 is 35.0 Å². The molecule has 1 aromatic carbocycles. The molecule has 0 aliphatic rings. The van der Waals surface area contributed by atoms with E-state index < -0.39 is 48.0 Å². The molecule has 0 amide bonds. The Labute approximate surface area is 84.0 Å². The molecule has 0 saturated carbocycles. The number of rotatable bonds is 2. The molecule has 0 saturated heterocycles. The fourth-order valence-electron chi connectivity index (χ4n) is 0.933. The van der Waals surface area contributed by atoms with E-state index in [1.807, 2.05) is 0 Å². The van der Waals surface area contributed by atoms with Gasteiger partial charge >= 0.3 is 13.1 Å². The van der Waals surface area contributed by atoms with Crippen LogP contribution < -0.4 is 0 Å². The standard InChI is InChI=1S/C7HBF8/c9-3-1-2(7(13,14)8(15)16)4(10)6(12)5(3)11/h1H. The Kier molecular flexibility index (Phi) is 3.16. The van der Waals surface area contributed by atoms with Crippen molar-refractivity contribution in [3.8, 4) is 0 Å². The van der Waals surface area contributed by atoms with E-state index >= 15 is 0 Å². The van der Waals surface area contributed by atoms with E-state index in [1.165, 1.54) is 0 Å². The van der Waals surface area contributed by atoms with Crippen molar-refractivity contribution in [2.45, 2.75) is 5.82 Å². The van der Waals surface area contributed by atoms with Gasteiger partial charge in [0.1, 0.15) is 0 Å². The van der Waals surface area contributed by atoms with E-state index in [9.17, 15) is 35.0 Å². The molecule has 0 aromatic heterocycles. The van der Waals surface area contributed by atoms with Gasteiger partial charge in [0, 0.05) is 0 Å². The molecular formula is C7HBF8. The Morgan fingerprint density at radius 1 is 0.875 bits per heavy atom. The molecule has 0 fully saturated rings. The van der Waals surface area contributed by atoms with Crippen LogP contribution in [-0.4, -0.2) is 7.27 Å². The molecule has 0 unspecified atom stereocenters. The van der Waals surface area contributed by atoms with Crippen molar-refractivity contribution in [1.82, 2.24) is 0 Å². The molecular weight excluding hydrogens is 247 g/mol. The van der Waals surface area contributed by atoms with Crippen LogP contribution in [0, 0.1) is 23.3 Å². The van der Waals surface area contributed by atoms with Gasteiger partial charge in [-0.25, -0.2) is 26.3 Å². The molecule has 0 heterocycles. The van der Waals surface area contributed by atoms with Gasteiger partial charge in [0.2, 0.25) is 0 Å². The van der Waals surface area contributed by atoms with Gasteiger partial charge in [-0.3, -0.25) is 8.63 Å². The smallest absolute Gasteiger partial charge is 0.280 e. The molecule has 0 aliphatic heterocycles. The zero-order valence-corrected chi connectivity index (χ0v) is 7.18. The molecule has 9 heteroatoms. The third-order valence-electron chi connectivity index (χ3n) is 1.74. The van der Waals surface area contributed by atoms with Crippen molar-refractivity contribution in [3.63, 3.8) is 0 Å². The lowest BCUT2D eigenvalue weighted by Crippen LogP contribution is -2.30. The third-order valence-corrected chi connectivity index (χ3v) is 1.74. The maximum absolute atomic E-state index is 12.7. The average Bonchev–Trinajstić information content (AvgIpc) is 2.19. The normalized spacial score (nSPS) is 11.8. The largest absolute Gasteiger partial charge is 0.613 e. The summed E-state index contributed by atoms with van der Waals surface area (Å²) >= 11 is 0. The van der Waals surface area contributed by atoms with Crippen molar-refractivity contribution in [2.75, 3.05) is 0 Å². The second-order valence-corrected chi connectivity index (χ2v) is 2.77. The van der Waals surface area contributed by atoms with E-state index in [2.05, 4.69) is 0 Å². The van der Waals surface area contributed by atoms with Crippen LogP contribution >= 0.6 is 0 Å². The Morgan fingerprint density at radius 2 is 1.38 bits per heavy atom. The summed E-state index contributed by atoms with van der Waals surface area (Å²) in [5.74, 6) is -14.7. The van der Waals surface area contributed by atoms with Gasteiger partial charge in [0.15, 0.2) is 23.3 Å². The molecule has 0 atom stereocenters. The molecule has 0 N–H and O–H groups in total. The molecule has 0 radical (unpaired) electrons. The topological polar surface area (TPSA) is 0 Å². The summed E-state index contributed by atoms with van der Waals surface area (Å²) in [6, 6.07) is -0.500. The van der Waals surface area contributed by atoms with Crippen molar-refractivity contribution in [2.24, 2.45) is 0 Å². The minimum atomic E-state index is -5.10. The van der Waals surface area contributed by atoms with Gasteiger partial charge in [-0.15, -0.1) is 0 Å². The molecule has 0 bridgehead atoms. The number of alkyl halides is 2. The summed E-state index contributed by atoms with van der Waals surface area (Å²) in [4.78, 5) is 0. The number of hydrogen-bond acceptors (Lipinski definition) is 0. The summed E-state index contributed by atoms with van der Waals surface area (Å²) < 4.78 is 98.7. The summed E-state index contributed by atoms with van der Waals surface area (Å²) in [6.07, 6.45) is 0. The zero-order valence-electron chi connectivity index (χ0n) is 7.18. The second-order valence-electron chi connectivity index (χ2n) is 2.77. The van der Waals surface area contributed by atoms with E-state index in [4.69, 9.17) is 0 Å². The molecule has 0 aliphatic carbocycles. The Balaban J connectivity index is 3.47. The van der Waals surface area contributed by atoms with E-state index in [1.54, 1.807) is 0 Å². The maximum atomic E-state index is 12.7. The average molecular weight is 248 g/mol. The molecule has 0 nitrogen and oxygen atoms in total. The number of halogens is 8. The highest BCUT2D eigenvalue weighted by Crippen LogP contribution is 2.35. The van der Waals surface area contributed by atoms with Crippen LogP contribution in [0.2, 0.25) is 0 Å². The van der Waals surface area contributed by atoms with Crippen LogP contribution in [-0.2, 0) is 5.82 Å². The lowest BCUT2D eigenvalue weighted by atomic mass is 9.81. The lowest BCUT2D eigenvalue weighted by Gasteiger charge is -2.14. The first-order valence-corrected chi connectivity index (χ1v) is 3.69.